The lowest BCUT2D eigenvalue weighted by Gasteiger charge is -2.18. The Morgan fingerprint density at radius 3 is 2.57 bits per heavy atom. The van der Waals surface area contributed by atoms with Crippen LogP contribution in [0, 0.1) is 17.8 Å². The Hall–Kier alpha value is -1.40. The molecule has 0 bridgehead atoms. The van der Waals surface area contributed by atoms with Crippen molar-refractivity contribution in [1.29, 1.82) is 0 Å². The second kappa shape index (κ2) is 5.31. The summed E-state index contributed by atoms with van der Waals surface area (Å²) >= 11 is 0. The number of nitrogens with zero attached hydrogens (tertiary/aromatic N) is 1. The predicted octanol–water partition coefficient (Wildman–Crippen LogP) is 1.92. The van der Waals surface area contributed by atoms with Gasteiger partial charge in [-0.2, -0.15) is 0 Å². The van der Waals surface area contributed by atoms with E-state index in [-0.39, 0.29) is 16.7 Å². The van der Waals surface area contributed by atoms with E-state index in [0.29, 0.717) is 18.4 Å². The number of hydrogen-bond acceptors (Lipinski definition) is 3. The number of amides is 1. The molecule has 23 heavy (non-hydrogen) atoms. The zero-order valence-electron chi connectivity index (χ0n) is 13.3. The Morgan fingerprint density at radius 1 is 1.22 bits per heavy atom. The number of carbonyl (C=O) groups excluding carboxylic acids is 1. The number of fused-ring (bicyclic) bond motifs is 2. The van der Waals surface area contributed by atoms with Gasteiger partial charge in [0.1, 0.15) is 0 Å². The second-order valence-electron chi connectivity index (χ2n) is 6.88. The summed E-state index contributed by atoms with van der Waals surface area (Å²) in [6, 6.07) is 5.08. The van der Waals surface area contributed by atoms with Crippen molar-refractivity contribution in [2.45, 2.75) is 37.0 Å². The molecule has 2 aliphatic carbocycles. The molecular formula is C17H22N2O3S. The maximum absolute atomic E-state index is 12.9. The molecule has 124 valence electrons. The third-order valence-electron chi connectivity index (χ3n) is 5.73. The van der Waals surface area contributed by atoms with Crippen LogP contribution in [0.1, 0.15) is 31.2 Å². The first-order valence-corrected chi connectivity index (χ1v) is 9.89. The Kier molecular flexibility index (Phi) is 3.50. The number of anilines is 1. The summed E-state index contributed by atoms with van der Waals surface area (Å²) in [4.78, 5) is 15.0. The van der Waals surface area contributed by atoms with Gasteiger partial charge in [-0.05, 0) is 61.9 Å². The lowest BCUT2D eigenvalue weighted by atomic mass is 10.0. The summed E-state index contributed by atoms with van der Waals surface area (Å²) in [6.45, 7) is 0.674. The molecule has 2 saturated carbocycles. The van der Waals surface area contributed by atoms with Crippen LogP contribution in [0.5, 0.6) is 0 Å². The summed E-state index contributed by atoms with van der Waals surface area (Å²) in [5.74, 6) is 1.67. The van der Waals surface area contributed by atoms with Gasteiger partial charge in [0.25, 0.3) is 0 Å². The van der Waals surface area contributed by atoms with Crippen molar-refractivity contribution < 1.29 is 13.2 Å². The van der Waals surface area contributed by atoms with Crippen LogP contribution in [0.15, 0.2) is 23.1 Å². The summed E-state index contributed by atoms with van der Waals surface area (Å²) in [5.41, 5.74) is 1.85. The number of benzene rings is 1. The van der Waals surface area contributed by atoms with Crippen LogP contribution in [-0.2, 0) is 21.2 Å². The maximum Gasteiger partial charge on any atom is 0.240 e. The minimum absolute atomic E-state index is 0.212. The molecule has 0 radical (unpaired) electrons. The molecule has 1 amide bonds. The zero-order chi connectivity index (χ0) is 16.2. The van der Waals surface area contributed by atoms with E-state index in [4.69, 9.17) is 0 Å². The first-order chi connectivity index (χ1) is 11.0. The molecule has 3 aliphatic rings. The van der Waals surface area contributed by atoms with Crippen LogP contribution in [-0.4, -0.2) is 27.9 Å². The maximum atomic E-state index is 12.9. The van der Waals surface area contributed by atoms with Crippen LogP contribution < -0.4 is 9.62 Å². The predicted molar refractivity (Wildman–Crippen MR) is 87.7 cm³/mol. The average Bonchev–Trinajstić information content (AvgIpc) is 3.14. The van der Waals surface area contributed by atoms with E-state index in [9.17, 15) is 13.2 Å². The van der Waals surface area contributed by atoms with Gasteiger partial charge in [0.15, 0.2) is 0 Å². The monoisotopic (exact) mass is 334 g/mol. The fourth-order valence-electron chi connectivity index (χ4n) is 4.43. The molecule has 1 aromatic carbocycles. The van der Waals surface area contributed by atoms with Gasteiger partial charge in [-0.1, -0.05) is 12.8 Å². The highest BCUT2D eigenvalue weighted by Crippen LogP contribution is 2.56. The van der Waals surface area contributed by atoms with Crippen molar-refractivity contribution in [3.63, 3.8) is 0 Å². The highest BCUT2D eigenvalue weighted by Gasteiger charge is 2.56. The number of rotatable bonds is 3. The van der Waals surface area contributed by atoms with Crippen LogP contribution in [0.3, 0.4) is 0 Å². The largest absolute Gasteiger partial charge is 0.312 e. The Morgan fingerprint density at radius 2 is 1.91 bits per heavy atom. The molecule has 0 spiro atoms. The summed E-state index contributed by atoms with van der Waals surface area (Å²) < 4.78 is 26.2. The minimum Gasteiger partial charge on any atom is -0.312 e. The number of nitrogens with one attached hydrogen (secondary N) is 1. The number of sulfonamides is 1. The van der Waals surface area contributed by atoms with Gasteiger partial charge < -0.3 is 4.90 Å². The first-order valence-electron chi connectivity index (χ1n) is 8.41. The topological polar surface area (TPSA) is 66.5 Å². The van der Waals surface area contributed by atoms with Gasteiger partial charge in [-0.15, -0.1) is 0 Å². The van der Waals surface area contributed by atoms with Gasteiger partial charge in [-0.3, -0.25) is 4.79 Å². The second-order valence-corrected chi connectivity index (χ2v) is 8.76. The third-order valence-corrected chi connectivity index (χ3v) is 7.15. The van der Waals surface area contributed by atoms with E-state index >= 15 is 0 Å². The molecular weight excluding hydrogens is 312 g/mol. The molecule has 2 fully saturated rings. The van der Waals surface area contributed by atoms with Crippen LogP contribution in [0.25, 0.3) is 0 Å². The molecule has 1 aliphatic heterocycles. The molecule has 1 aromatic rings. The lowest BCUT2D eigenvalue weighted by molar-refractivity contribution is -0.120. The average molecular weight is 334 g/mol. The van der Waals surface area contributed by atoms with E-state index in [0.717, 1.165) is 17.7 Å². The quantitative estimate of drug-likeness (QED) is 0.918. The normalized spacial score (nSPS) is 29.1. The fraction of sp³-hybridized carbons (Fsp3) is 0.588. The van der Waals surface area contributed by atoms with E-state index in [1.54, 1.807) is 18.2 Å². The smallest absolute Gasteiger partial charge is 0.240 e. The van der Waals surface area contributed by atoms with Crippen LogP contribution in [0.4, 0.5) is 5.69 Å². The van der Waals surface area contributed by atoms with Crippen LogP contribution in [0.2, 0.25) is 0 Å². The SMILES string of the molecule is CNS(=O)(=O)c1ccc2c(c1)CCN2C(=O)C1[C@H]2CCCC[C@@H]12. The number of hydrogen-bond donors (Lipinski definition) is 1. The Labute approximate surface area is 137 Å². The van der Waals surface area contributed by atoms with Gasteiger partial charge in [0.05, 0.1) is 4.90 Å². The minimum atomic E-state index is -3.43. The zero-order valence-corrected chi connectivity index (χ0v) is 14.1. The van der Waals surface area contributed by atoms with Crippen molar-refractivity contribution in [3.05, 3.63) is 23.8 Å². The molecule has 3 atom stereocenters. The summed E-state index contributed by atoms with van der Waals surface area (Å²) in [5, 5.41) is 0. The summed E-state index contributed by atoms with van der Waals surface area (Å²) in [6.07, 6.45) is 5.64. The fourth-order valence-corrected chi connectivity index (χ4v) is 5.21. The van der Waals surface area contributed by atoms with E-state index in [1.165, 1.54) is 32.7 Å². The van der Waals surface area contributed by atoms with Crippen molar-refractivity contribution in [2.75, 3.05) is 18.5 Å². The Bertz CT molecular complexity index is 747. The molecule has 0 saturated heterocycles. The molecule has 5 nitrogen and oxygen atoms in total. The summed E-state index contributed by atoms with van der Waals surface area (Å²) in [7, 11) is -2.02. The van der Waals surface area contributed by atoms with Crippen LogP contribution >= 0.6 is 0 Å². The Balaban J connectivity index is 1.58. The molecule has 6 heteroatoms. The van der Waals surface area contributed by atoms with Crippen molar-refractivity contribution in [2.24, 2.45) is 17.8 Å². The standard InChI is InChI=1S/C17H22N2O3S/c1-18-23(21,22)12-6-7-15-11(10-12)8-9-19(15)17(20)16-13-4-2-3-5-14(13)16/h6-7,10,13-14,16,18H,2-5,8-9H2,1H3/t13-,14+,16?. The number of carbonyl (C=O) groups is 1. The highest BCUT2D eigenvalue weighted by atomic mass is 32.2. The molecule has 0 aromatic heterocycles. The van der Waals surface area contributed by atoms with E-state index < -0.39 is 10.0 Å². The van der Waals surface area contributed by atoms with Crippen molar-refractivity contribution >= 4 is 21.6 Å². The van der Waals surface area contributed by atoms with Gasteiger partial charge in [-0.25, -0.2) is 13.1 Å². The molecule has 1 heterocycles. The molecule has 1 unspecified atom stereocenters. The van der Waals surface area contributed by atoms with Gasteiger partial charge in [0, 0.05) is 18.2 Å². The molecule has 4 rings (SSSR count). The van der Waals surface area contributed by atoms with Gasteiger partial charge >= 0.3 is 0 Å². The van der Waals surface area contributed by atoms with E-state index in [1.807, 2.05) is 4.90 Å². The van der Waals surface area contributed by atoms with Crippen molar-refractivity contribution in [1.82, 2.24) is 4.72 Å². The highest BCUT2D eigenvalue weighted by molar-refractivity contribution is 7.89. The first kappa shape index (κ1) is 15.1. The lowest BCUT2D eigenvalue weighted by Crippen LogP contribution is -2.31. The molecule has 1 N–H and O–H groups in total. The van der Waals surface area contributed by atoms with Crippen molar-refractivity contribution in [3.8, 4) is 0 Å². The third kappa shape index (κ3) is 2.39. The van der Waals surface area contributed by atoms with E-state index in [2.05, 4.69) is 4.72 Å². The van der Waals surface area contributed by atoms with Gasteiger partial charge in [0.2, 0.25) is 15.9 Å².